The van der Waals surface area contributed by atoms with Crippen molar-refractivity contribution in [2.24, 2.45) is 5.11 Å². The number of aliphatic hydroxyl groups excluding tert-OH is 3. The van der Waals surface area contributed by atoms with Crippen molar-refractivity contribution < 1.29 is 20.1 Å². The predicted molar refractivity (Wildman–Crippen MR) is 54.2 cm³/mol. The minimum Gasteiger partial charge on any atom is -0.394 e. The van der Waals surface area contributed by atoms with Crippen molar-refractivity contribution in [1.82, 2.24) is 0 Å². The van der Waals surface area contributed by atoms with Gasteiger partial charge < -0.3 is 20.1 Å². The van der Waals surface area contributed by atoms with Gasteiger partial charge in [0.2, 0.25) is 0 Å². The molecule has 0 amide bonds. The highest BCUT2D eigenvalue weighted by Gasteiger charge is 2.43. The van der Waals surface area contributed by atoms with Crippen LogP contribution in [0.15, 0.2) is 5.11 Å². The minimum atomic E-state index is -1.19. The Morgan fingerprint density at radius 2 is 2.13 bits per heavy atom. The SMILES string of the molecule is CS[C@@H]1O[C@H](CO)[C@H](O)[C@H](N=[N+]=[N-])[C@H]1O. The first-order valence-corrected chi connectivity index (χ1v) is 5.64. The Labute approximate surface area is 90.7 Å². The molecule has 0 saturated carbocycles. The number of hydrogen-bond acceptors (Lipinski definition) is 6. The molecule has 0 aromatic carbocycles. The van der Waals surface area contributed by atoms with Crippen LogP contribution in [0, 0.1) is 0 Å². The summed E-state index contributed by atoms with van der Waals surface area (Å²) in [5.41, 5.74) is 7.69. The van der Waals surface area contributed by atoms with Gasteiger partial charge in [0.05, 0.1) is 18.8 Å². The van der Waals surface area contributed by atoms with Gasteiger partial charge in [0.15, 0.2) is 0 Å². The van der Waals surface area contributed by atoms with Crippen LogP contribution >= 0.6 is 11.8 Å². The molecule has 0 spiro atoms. The summed E-state index contributed by atoms with van der Waals surface area (Å²) in [6.07, 6.45) is -1.38. The second-order valence-corrected chi connectivity index (χ2v) is 4.07. The summed E-state index contributed by atoms with van der Waals surface area (Å²) in [4.78, 5) is 2.56. The molecule has 8 heteroatoms. The Hall–Kier alpha value is -0.500. The third-order valence-electron chi connectivity index (χ3n) is 2.27. The van der Waals surface area contributed by atoms with Crippen molar-refractivity contribution >= 4 is 11.8 Å². The number of thioether (sulfide) groups is 1. The first-order chi connectivity index (χ1) is 7.15. The Bertz CT molecular complexity index is 245. The van der Waals surface area contributed by atoms with Crippen LogP contribution in [-0.4, -0.2) is 58.0 Å². The lowest BCUT2D eigenvalue weighted by atomic mass is 9.98. The summed E-state index contributed by atoms with van der Waals surface area (Å²) < 4.78 is 5.22. The van der Waals surface area contributed by atoms with E-state index in [0.29, 0.717) is 0 Å². The number of nitrogens with zero attached hydrogens (tertiary/aromatic N) is 3. The molecule has 86 valence electrons. The van der Waals surface area contributed by atoms with Crippen LogP contribution in [0.1, 0.15) is 0 Å². The number of aliphatic hydroxyl groups is 3. The summed E-state index contributed by atoms with van der Waals surface area (Å²) in [7, 11) is 0. The molecule has 1 aliphatic rings. The Balaban J connectivity index is 2.85. The van der Waals surface area contributed by atoms with E-state index in [1.54, 1.807) is 6.26 Å². The van der Waals surface area contributed by atoms with Gasteiger partial charge >= 0.3 is 0 Å². The van der Waals surface area contributed by atoms with Gasteiger partial charge in [-0.3, -0.25) is 0 Å². The Morgan fingerprint density at radius 3 is 2.60 bits per heavy atom. The van der Waals surface area contributed by atoms with E-state index in [4.69, 9.17) is 15.4 Å². The molecule has 1 aliphatic heterocycles. The van der Waals surface area contributed by atoms with Crippen molar-refractivity contribution in [1.29, 1.82) is 0 Å². The maximum Gasteiger partial charge on any atom is 0.130 e. The summed E-state index contributed by atoms with van der Waals surface area (Å²) in [5.74, 6) is 0. The van der Waals surface area contributed by atoms with Crippen molar-refractivity contribution in [3.8, 4) is 0 Å². The van der Waals surface area contributed by atoms with Gasteiger partial charge in [0.1, 0.15) is 17.6 Å². The van der Waals surface area contributed by atoms with Crippen LogP contribution in [0.5, 0.6) is 0 Å². The topological polar surface area (TPSA) is 119 Å². The zero-order valence-corrected chi connectivity index (χ0v) is 8.91. The van der Waals surface area contributed by atoms with Crippen molar-refractivity contribution in [2.45, 2.75) is 29.8 Å². The summed E-state index contributed by atoms with van der Waals surface area (Å²) >= 11 is 1.23. The standard InChI is InChI=1S/C7H13N3O4S/c1-15-7-6(13)4(9-10-8)5(12)3(2-11)14-7/h3-7,11-13H,2H2,1H3/t3-,4+,5+,6-,7+/m1/s1. The average Bonchev–Trinajstić information content (AvgIpc) is 2.25. The van der Waals surface area contributed by atoms with E-state index in [1.165, 1.54) is 11.8 Å². The molecular formula is C7H13N3O4S. The van der Waals surface area contributed by atoms with Crippen LogP contribution < -0.4 is 0 Å². The molecule has 7 nitrogen and oxygen atoms in total. The van der Waals surface area contributed by atoms with Gasteiger partial charge in [-0.2, -0.15) is 0 Å². The number of rotatable bonds is 3. The quantitative estimate of drug-likeness (QED) is 0.345. The second kappa shape index (κ2) is 5.55. The van der Waals surface area contributed by atoms with Gasteiger partial charge in [0, 0.05) is 4.91 Å². The fraction of sp³-hybridized carbons (Fsp3) is 1.00. The third kappa shape index (κ3) is 2.54. The van der Waals surface area contributed by atoms with Gasteiger partial charge in [-0.1, -0.05) is 5.11 Å². The summed E-state index contributed by atoms with van der Waals surface area (Å²) in [6.45, 7) is -0.387. The van der Waals surface area contributed by atoms with E-state index in [9.17, 15) is 10.2 Å². The maximum absolute atomic E-state index is 9.69. The second-order valence-electron chi connectivity index (χ2n) is 3.14. The van der Waals surface area contributed by atoms with Gasteiger partial charge in [-0.25, -0.2) is 0 Å². The number of azide groups is 1. The van der Waals surface area contributed by atoms with E-state index in [1.807, 2.05) is 0 Å². The Morgan fingerprint density at radius 1 is 1.47 bits per heavy atom. The highest BCUT2D eigenvalue weighted by atomic mass is 32.2. The molecule has 0 bridgehead atoms. The van der Waals surface area contributed by atoms with Crippen LogP contribution in [0.3, 0.4) is 0 Å². The maximum atomic E-state index is 9.69. The zero-order chi connectivity index (χ0) is 11.4. The molecule has 15 heavy (non-hydrogen) atoms. The summed E-state index contributed by atoms with van der Waals surface area (Å²) in [5, 5.41) is 31.6. The van der Waals surface area contributed by atoms with Crippen LogP contribution in [0.25, 0.3) is 10.4 Å². The first kappa shape index (κ1) is 12.6. The van der Waals surface area contributed by atoms with Crippen molar-refractivity contribution in [2.75, 3.05) is 12.9 Å². The van der Waals surface area contributed by atoms with Crippen LogP contribution in [0.4, 0.5) is 0 Å². The zero-order valence-electron chi connectivity index (χ0n) is 8.09. The average molecular weight is 235 g/mol. The summed E-state index contributed by atoms with van der Waals surface area (Å²) in [6, 6.07) is -0.988. The molecule has 1 heterocycles. The lowest BCUT2D eigenvalue weighted by Crippen LogP contribution is -2.56. The van der Waals surface area contributed by atoms with E-state index >= 15 is 0 Å². The van der Waals surface area contributed by atoms with E-state index < -0.39 is 29.8 Å². The smallest absolute Gasteiger partial charge is 0.130 e. The molecule has 1 rings (SSSR count). The molecular weight excluding hydrogens is 222 g/mol. The fourth-order valence-electron chi connectivity index (χ4n) is 1.46. The van der Waals surface area contributed by atoms with E-state index in [-0.39, 0.29) is 6.61 Å². The van der Waals surface area contributed by atoms with Gasteiger partial charge in [-0.05, 0) is 11.8 Å². The first-order valence-electron chi connectivity index (χ1n) is 4.35. The molecule has 1 saturated heterocycles. The van der Waals surface area contributed by atoms with Crippen molar-refractivity contribution in [3.05, 3.63) is 10.4 Å². The molecule has 0 unspecified atom stereocenters. The highest BCUT2D eigenvalue weighted by Crippen LogP contribution is 2.28. The number of ether oxygens (including phenoxy) is 1. The van der Waals surface area contributed by atoms with Gasteiger partial charge in [-0.15, -0.1) is 11.8 Å². The predicted octanol–water partition coefficient (Wildman–Crippen LogP) is -0.533. The lowest BCUT2D eigenvalue weighted by Gasteiger charge is -2.39. The van der Waals surface area contributed by atoms with E-state index in [2.05, 4.69) is 10.0 Å². The van der Waals surface area contributed by atoms with Crippen LogP contribution in [0.2, 0.25) is 0 Å². The molecule has 0 aromatic heterocycles. The normalized spacial score (nSPS) is 40.9. The highest BCUT2D eigenvalue weighted by molar-refractivity contribution is 7.99. The molecule has 1 fully saturated rings. The number of hydrogen-bond donors (Lipinski definition) is 3. The third-order valence-corrected chi connectivity index (χ3v) is 3.12. The largest absolute Gasteiger partial charge is 0.394 e. The van der Waals surface area contributed by atoms with E-state index in [0.717, 1.165) is 0 Å². The molecule has 3 N–H and O–H groups in total. The van der Waals surface area contributed by atoms with Crippen LogP contribution in [-0.2, 0) is 4.74 Å². The molecule has 0 aliphatic carbocycles. The monoisotopic (exact) mass is 235 g/mol. The Kier molecular flexibility index (Phi) is 4.65. The lowest BCUT2D eigenvalue weighted by molar-refractivity contribution is -0.159. The molecule has 5 atom stereocenters. The minimum absolute atomic E-state index is 0.387. The fourth-order valence-corrected chi connectivity index (χ4v) is 2.15. The van der Waals surface area contributed by atoms with Crippen molar-refractivity contribution in [3.63, 3.8) is 0 Å². The van der Waals surface area contributed by atoms with Gasteiger partial charge in [0.25, 0.3) is 0 Å². The molecule has 0 radical (unpaired) electrons. The molecule has 0 aromatic rings.